The van der Waals surface area contributed by atoms with Crippen molar-refractivity contribution in [2.24, 2.45) is 0 Å². The van der Waals surface area contributed by atoms with Crippen LogP contribution in [0.2, 0.25) is 0 Å². The molecule has 1 heterocycles. The third kappa shape index (κ3) is 2.34. The maximum atomic E-state index is 9.68. The van der Waals surface area contributed by atoms with E-state index in [2.05, 4.69) is 34.2 Å². The van der Waals surface area contributed by atoms with Gasteiger partial charge >= 0.3 is 0 Å². The van der Waals surface area contributed by atoms with Crippen LogP contribution in [0.3, 0.4) is 0 Å². The monoisotopic (exact) mass is 268 g/mol. The molecule has 0 saturated heterocycles. The fraction of sp³-hybridized carbons (Fsp3) is 0.412. The fourth-order valence-corrected chi connectivity index (χ4v) is 3.09. The number of hydrogen-bond acceptors (Lipinski definition) is 3. The highest BCUT2D eigenvalue weighted by molar-refractivity contribution is 5.36. The van der Waals surface area contributed by atoms with Crippen LogP contribution in [0.25, 0.3) is 0 Å². The second kappa shape index (κ2) is 5.33. The van der Waals surface area contributed by atoms with E-state index in [1.54, 1.807) is 13.1 Å². The molecule has 0 saturated carbocycles. The molecule has 3 rings (SSSR count). The number of benzene rings is 1. The molecule has 0 fully saturated rings. The molecular weight excluding hydrogens is 248 g/mol. The second-order valence-electron chi connectivity index (χ2n) is 5.59. The van der Waals surface area contributed by atoms with Gasteiger partial charge in [0.2, 0.25) is 0 Å². The van der Waals surface area contributed by atoms with Crippen LogP contribution in [0.5, 0.6) is 0 Å². The molecule has 1 aromatic carbocycles. The number of aliphatic hydroxyl groups excluding tert-OH is 1. The minimum atomic E-state index is -0.511. The van der Waals surface area contributed by atoms with Crippen LogP contribution in [0, 0.1) is 6.92 Å². The van der Waals surface area contributed by atoms with E-state index in [0.29, 0.717) is 5.92 Å². The van der Waals surface area contributed by atoms with Gasteiger partial charge in [0.05, 0.1) is 6.10 Å². The van der Waals surface area contributed by atoms with E-state index in [9.17, 15) is 5.11 Å². The fourth-order valence-electron chi connectivity index (χ4n) is 3.09. The number of aromatic nitrogens is 2. The van der Waals surface area contributed by atoms with E-state index in [0.717, 1.165) is 29.9 Å². The highest BCUT2D eigenvalue weighted by atomic mass is 16.3. The first kappa shape index (κ1) is 13.3. The third-order valence-corrected chi connectivity index (χ3v) is 4.17. The Morgan fingerprint density at radius 1 is 1.30 bits per heavy atom. The topological polar surface area (TPSA) is 46.0 Å². The number of hydrogen-bond donors (Lipinski definition) is 1. The predicted octanol–water partition coefficient (Wildman–Crippen LogP) is 3.31. The van der Waals surface area contributed by atoms with Crippen LogP contribution in [0.4, 0.5) is 0 Å². The predicted molar refractivity (Wildman–Crippen MR) is 78.6 cm³/mol. The van der Waals surface area contributed by atoms with Gasteiger partial charge in [0.1, 0.15) is 5.82 Å². The van der Waals surface area contributed by atoms with Crippen molar-refractivity contribution in [2.75, 3.05) is 0 Å². The largest absolute Gasteiger partial charge is 0.389 e. The van der Waals surface area contributed by atoms with Gasteiger partial charge < -0.3 is 5.11 Å². The summed E-state index contributed by atoms with van der Waals surface area (Å²) in [6, 6.07) is 8.59. The lowest BCUT2D eigenvalue weighted by Gasteiger charge is -2.24. The number of rotatable bonds is 2. The summed E-state index contributed by atoms with van der Waals surface area (Å²) in [7, 11) is 0. The van der Waals surface area contributed by atoms with Gasteiger partial charge in [-0.15, -0.1) is 0 Å². The van der Waals surface area contributed by atoms with Gasteiger partial charge in [-0.25, -0.2) is 9.97 Å². The summed E-state index contributed by atoms with van der Waals surface area (Å²) in [6.07, 6.45) is 4.70. The van der Waals surface area contributed by atoms with Crippen LogP contribution >= 0.6 is 0 Å². The van der Waals surface area contributed by atoms with Crippen LogP contribution in [-0.2, 0) is 6.42 Å². The van der Waals surface area contributed by atoms with Crippen LogP contribution in [0.1, 0.15) is 60.0 Å². The molecule has 1 N–H and O–H groups in total. The molecule has 104 valence electrons. The standard InChI is InChI=1S/C17H20N2O/c1-11-16(12(2)20)10-18-17(19-11)15-9-5-7-13-6-3-4-8-14(13)15/h3-4,6,8,10,12,15,20H,5,7,9H2,1-2H3/t12-,15?/m1/s1. The molecule has 0 bridgehead atoms. The SMILES string of the molecule is Cc1nc(C2CCCc3ccccc32)ncc1[C@@H](C)O. The first-order valence-corrected chi connectivity index (χ1v) is 7.26. The summed E-state index contributed by atoms with van der Waals surface area (Å²) in [6.45, 7) is 3.70. The van der Waals surface area contributed by atoms with Crippen LogP contribution in [0.15, 0.2) is 30.5 Å². The zero-order chi connectivity index (χ0) is 14.1. The van der Waals surface area contributed by atoms with E-state index in [1.165, 1.54) is 17.5 Å². The molecule has 1 aliphatic carbocycles. The Morgan fingerprint density at radius 2 is 2.10 bits per heavy atom. The molecule has 2 aromatic rings. The normalized spacial score (nSPS) is 19.4. The van der Waals surface area contributed by atoms with Gasteiger partial charge in [0.15, 0.2) is 0 Å². The first-order chi connectivity index (χ1) is 9.66. The van der Waals surface area contributed by atoms with Gasteiger partial charge in [-0.1, -0.05) is 24.3 Å². The number of aliphatic hydroxyl groups is 1. The van der Waals surface area contributed by atoms with Crippen molar-refractivity contribution in [3.05, 3.63) is 58.7 Å². The Hall–Kier alpha value is -1.74. The third-order valence-electron chi connectivity index (χ3n) is 4.17. The summed E-state index contributed by atoms with van der Waals surface area (Å²) in [5.74, 6) is 1.18. The lowest BCUT2D eigenvalue weighted by Crippen LogP contribution is -2.15. The van der Waals surface area contributed by atoms with Gasteiger partial charge in [0.25, 0.3) is 0 Å². The molecule has 20 heavy (non-hydrogen) atoms. The lowest BCUT2D eigenvalue weighted by molar-refractivity contribution is 0.197. The van der Waals surface area contributed by atoms with Gasteiger partial charge in [0, 0.05) is 23.4 Å². The molecule has 0 spiro atoms. The molecule has 2 atom stereocenters. The minimum absolute atomic E-state index is 0.293. The van der Waals surface area contributed by atoms with Gasteiger partial charge in [-0.05, 0) is 44.2 Å². The Labute approximate surface area is 119 Å². The molecule has 1 unspecified atom stereocenters. The van der Waals surface area contributed by atoms with E-state index in [4.69, 9.17) is 0 Å². The number of nitrogens with zero attached hydrogens (tertiary/aromatic N) is 2. The zero-order valence-electron chi connectivity index (χ0n) is 12.0. The summed E-state index contributed by atoms with van der Waals surface area (Å²) in [5.41, 5.74) is 4.48. The Bertz CT molecular complexity index is 622. The summed E-state index contributed by atoms with van der Waals surface area (Å²) >= 11 is 0. The maximum absolute atomic E-state index is 9.68. The number of fused-ring (bicyclic) bond motifs is 1. The zero-order valence-corrected chi connectivity index (χ0v) is 12.0. The van der Waals surface area contributed by atoms with E-state index in [1.807, 2.05) is 6.92 Å². The van der Waals surface area contributed by atoms with Crippen molar-refractivity contribution in [2.45, 2.75) is 45.1 Å². The molecule has 1 aliphatic rings. The van der Waals surface area contributed by atoms with Crippen molar-refractivity contribution in [1.29, 1.82) is 0 Å². The van der Waals surface area contributed by atoms with Crippen molar-refractivity contribution in [3.63, 3.8) is 0 Å². The Morgan fingerprint density at radius 3 is 2.85 bits per heavy atom. The van der Waals surface area contributed by atoms with E-state index in [-0.39, 0.29) is 0 Å². The van der Waals surface area contributed by atoms with Gasteiger partial charge in [-0.3, -0.25) is 0 Å². The van der Waals surface area contributed by atoms with Crippen molar-refractivity contribution < 1.29 is 5.11 Å². The van der Waals surface area contributed by atoms with E-state index < -0.39 is 6.10 Å². The molecular formula is C17H20N2O. The molecule has 3 heteroatoms. The molecule has 0 radical (unpaired) electrons. The van der Waals surface area contributed by atoms with Crippen molar-refractivity contribution in [1.82, 2.24) is 9.97 Å². The molecule has 3 nitrogen and oxygen atoms in total. The Balaban J connectivity index is 2.00. The summed E-state index contributed by atoms with van der Waals surface area (Å²) in [4.78, 5) is 9.16. The summed E-state index contributed by atoms with van der Waals surface area (Å²) < 4.78 is 0. The molecule has 1 aromatic heterocycles. The van der Waals surface area contributed by atoms with Crippen molar-refractivity contribution in [3.8, 4) is 0 Å². The highest BCUT2D eigenvalue weighted by Gasteiger charge is 2.24. The quantitative estimate of drug-likeness (QED) is 0.909. The Kier molecular flexibility index (Phi) is 3.53. The maximum Gasteiger partial charge on any atom is 0.135 e. The second-order valence-corrected chi connectivity index (χ2v) is 5.59. The first-order valence-electron chi connectivity index (χ1n) is 7.26. The highest BCUT2D eigenvalue weighted by Crippen LogP contribution is 2.35. The van der Waals surface area contributed by atoms with Crippen molar-refractivity contribution >= 4 is 0 Å². The van der Waals surface area contributed by atoms with Crippen LogP contribution in [-0.4, -0.2) is 15.1 Å². The number of aryl methyl sites for hydroxylation is 2. The molecule has 0 amide bonds. The average molecular weight is 268 g/mol. The van der Waals surface area contributed by atoms with Crippen LogP contribution < -0.4 is 0 Å². The van der Waals surface area contributed by atoms with E-state index >= 15 is 0 Å². The average Bonchev–Trinajstić information content (AvgIpc) is 2.46. The smallest absolute Gasteiger partial charge is 0.135 e. The van der Waals surface area contributed by atoms with Gasteiger partial charge in [-0.2, -0.15) is 0 Å². The lowest BCUT2D eigenvalue weighted by atomic mass is 9.82. The molecule has 0 aliphatic heterocycles. The minimum Gasteiger partial charge on any atom is -0.389 e. The summed E-state index contributed by atoms with van der Waals surface area (Å²) in [5, 5.41) is 9.68.